The highest BCUT2D eigenvalue weighted by Gasteiger charge is 2.49. The third-order valence-electron chi connectivity index (χ3n) is 9.76. The number of hydrogen-bond donors (Lipinski definition) is 0. The predicted molar refractivity (Wildman–Crippen MR) is 178 cm³/mol. The van der Waals surface area contributed by atoms with Crippen molar-refractivity contribution < 1.29 is 27.5 Å². The standard InChI is InChI=1S/C32H58O6Si3/c1-30(2,3)39(11,12)35-22-27-28(38-41(15,16)32(7,8)9)26(37-40(13,14)31(4,5)6)21-25(36-27)23-17-19-24(20-18-23)29(33)34-10/h17-21,26-28H,22H2,1-16H3/t26-,27-,28+/m1/s1. The Morgan fingerprint density at radius 2 is 1.22 bits per heavy atom. The van der Waals surface area contributed by atoms with Crippen LogP contribution in [0.3, 0.4) is 0 Å². The number of esters is 1. The summed E-state index contributed by atoms with van der Waals surface area (Å²) in [6.07, 6.45) is 1.12. The van der Waals surface area contributed by atoms with E-state index in [0.717, 1.165) is 11.3 Å². The van der Waals surface area contributed by atoms with E-state index in [2.05, 4.69) is 108 Å². The molecule has 1 aromatic carbocycles. The van der Waals surface area contributed by atoms with Gasteiger partial charge in [-0.3, -0.25) is 0 Å². The van der Waals surface area contributed by atoms with Gasteiger partial charge in [-0.15, -0.1) is 0 Å². The molecular weight excluding hydrogens is 565 g/mol. The molecule has 0 amide bonds. The van der Waals surface area contributed by atoms with Gasteiger partial charge in [-0.05, 0) is 72.6 Å². The Morgan fingerprint density at radius 1 is 0.756 bits per heavy atom. The Bertz CT molecular complexity index is 1070. The van der Waals surface area contributed by atoms with Crippen molar-refractivity contribution >= 4 is 36.7 Å². The lowest BCUT2D eigenvalue weighted by Gasteiger charge is -2.48. The minimum atomic E-state index is -2.20. The van der Waals surface area contributed by atoms with Gasteiger partial charge in [-0.2, -0.15) is 0 Å². The van der Waals surface area contributed by atoms with Crippen LogP contribution >= 0.6 is 0 Å². The molecule has 3 atom stereocenters. The van der Waals surface area contributed by atoms with Crippen LogP contribution in [0.25, 0.3) is 5.76 Å². The summed E-state index contributed by atoms with van der Waals surface area (Å²) >= 11 is 0. The number of carbonyl (C=O) groups excluding carboxylic acids is 1. The molecule has 0 unspecified atom stereocenters. The van der Waals surface area contributed by atoms with Crippen LogP contribution in [-0.2, 0) is 22.8 Å². The Labute approximate surface area is 253 Å². The quantitative estimate of drug-likeness (QED) is 0.202. The molecule has 6 nitrogen and oxygen atoms in total. The van der Waals surface area contributed by atoms with E-state index in [1.807, 2.05) is 12.1 Å². The highest BCUT2D eigenvalue weighted by atomic mass is 28.4. The molecule has 0 aliphatic carbocycles. The fourth-order valence-electron chi connectivity index (χ4n) is 3.69. The minimum Gasteiger partial charge on any atom is -0.485 e. The van der Waals surface area contributed by atoms with Crippen molar-refractivity contribution in [2.24, 2.45) is 0 Å². The van der Waals surface area contributed by atoms with Gasteiger partial charge >= 0.3 is 5.97 Å². The summed E-state index contributed by atoms with van der Waals surface area (Å²) in [7, 11) is -5.07. The summed E-state index contributed by atoms with van der Waals surface area (Å²) in [5, 5.41) is 0.111. The lowest BCUT2D eigenvalue weighted by Crippen LogP contribution is -2.58. The SMILES string of the molecule is COC(=O)c1ccc(C2=C[C@@H](O[Si](C)(C)C(C)(C)C)[C@H](O[Si](C)(C)C(C)(C)C)[C@@H](CO[Si](C)(C)C(C)(C)C)O2)cc1. The molecule has 0 N–H and O–H groups in total. The van der Waals surface area contributed by atoms with E-state index >= 15 is 0 Å². The zero-order valence-electron chi connectivity index (χ0n) is 28.8. The van der Waals surface area contributed by atoms with Crippen molar-refractivity contribution in [3.8, 4) is 0 Å². The van der Waals surface area contributed by atoms with Crippen LogP contribution in [0.5, 0.6) is 0 Å². The molecule has 0 saturated heterocycles. The molecular formula is C32H58O6Si3. The molecule has 9 heteroatoms. The van der Waals surface area contributed by atoms with E-state index in [0.29, 0.717) is 12.2 Å². The third-order valence-corrected chi connectivity index (χ3v) is 23.2. The molecule has 1 aliphatic heterocycles. The van der Waals surface area contributed by atoms with Crippen molar-refractivity contribution in [3.05, 3.63) is 41.5 Å². The third kappa shape index (κ3) is 8.66. The molecule has 1 heterocycles. The summed E-state index contributed by atoms with van der Waals surface area (Å²) in [5.41, 5.74) is 1.38. The summed E-state index contributed by atoms with van der Waals surface area (Å²) < 4.78 is 32.8. The van der Waals surface area contributed by atoms with E-state index < -0.39 is 25.0 Å². The molecule has 234 valence electrons. The van der Waals surface area contributed by atoms with E-state index in [-0.39, 0.29) is 39.4 Å². The zero-order chi connectivity index (χ0) is 31.8. The van der Waals surface area contributed by atoms with Gasteiger partial charge in [0, 0.05) is 5.56 Å². The first-order valence-corrected chi connectivity index (χ1v) is 23.6. The van der Waals surface area contributed by atoms with Crippen LogP contribution in [0.15, 0.2) is 30.3 Å². The second-order valence-electron chi connectivity index (χ2n) is 16.0. The molecule has 0 spiro atoms. The summed E-state index contributed by atoms with van der Waals surface area (Å²) in [6.45, 7) is 34.4. The van der Waals surface area contributed by atoms with Crippen LogP contribution in [0.4, 0.5) is 0 Å². The molecule has 0 aromatic heterocycles. The maximum absolute atomic E-state index is 12.1. The number of carbonyl (C=O) groups is 1. The number of rotatable bonds is 9. The van der Waals surface area contributed by atoms with E-state index in [4.69, 9.17) is 22.8 Å². The topological polar surface area (TPSA) is 63.2 Å². The fraction of sp³-hybridized carbons (Fsp3) is 0.719. The summed E-state index contributed by atoms with van der Waals surface area (Å²) in [4.78, 5) is 12.1. The van der Waals surface area contributed by atoms with Crippen LogP contribution in [0.1, 0.15) is 78.2 Å². The van der Waals surface area contributed by atoms with Gasteiger partial charge in [0.15, 0.2) is 25.0 Å². The van der Waals surface area contributed by atoms with E-state index in [9.17, 15) is 4.79 Å². The smallest absolute Gasteiger partial charge is 0.337 e. The maximum atomic E-state index is 12.1. The Kier molecular flexibility index (Phi) is 10.9. The molecule has 1 aliphatic rings. The van der Waals surface area contributed by atoms with Crippen LogP contribution in [0.2, 0.25) is 54.4 Å². The van der Waals surface area contributed by atoms with Crippen LogP contribution in [-0.4, -0.2) is 63.0 Å². The average molecular weight is 623 g/mol. The van der Waals surface area contributed by atoms with Crippen molar-refractivity contribution in [2.45, 2.75) is 135 Å². The van der Waals surface area contributed by atoms with E-state index in [1.54, 1.807) is 12.1 Å². The second kappa shape index (κ2) is 12.4. The lowest BCUT2D eigenvalue weighted by molar-refractivity contribution is -0.0592. The van der Waals surface area contributed by atoms with Crippen molar-refractivity contribution in [3.63, 3.8) is 0 Å². The van der Waals surface area contributed by atoms with Crippen LogP contribution in [0, 0.1) is 0 Å². The Hall–Kier alpha value is -1.24. The summed E-state index contributed by atoms with van der Waals surface area (Å²) in [5.74, 6) is 0.363. The lowest BCUT2D eigenvalue weighted by atomic mass is 10.0. The normalized spacial score (nSPS) is 21.3. The molecule has 2 rings (SSSR count). The minimum absolute atomic E-state index is 0.0209. The monoisotopic (exact) mass is 622 g/mol. The molecule has 1 aromatic rings. The van der Waals surface area contributed by atoms with Gasteiger partial charge in [-0.25, -0.2) is 4.79 Å². The molecule has 0 fully saturated rings. The van der Waals surface area contributed by atoms with Gasteiger partial charge in [0.1, 0.15) is 18.0 Å². The number of benzene rings is 1. The van der Waals surface area contributed by atoms with Gasteiger partial charge < -0.3 is 22.8 Å². The summed E-state index contributed by atoms with van der Waals surface area (Å²) in [6, 6.07) is 7.35. The highest BCUT2D eigenvalue weighted by molar-refractivity contribution is 6.75. The van der Waals surface area contributed by atoms with Gasteiger partial charge in [0.25, 0.3) is 0 Å². The molecule has 0 saturated carbocycles. The van der Waals surface area contributed by atoms with Gasteiger partial charge in [-0.1, -0.05) is 74.4 Å². The van der Waals surface area contributed by atoms with Crippen LogP contribution < -0.4 is 0 Å². The number of methoxy groups -OCH3 is 1. The molecule has 0 bridgehead atoms. The fourth-order valence-corrected chi connectivity index (χ4v) is 7.26. The van der Waals surface area contributed by atoms with Crippen molar-refractivity contribution in [1.82, 2.24) is 0 Å². The second-order valence-corrected chi connectivity index (χ2v) is 30.3. The molecule has 0 radical (unpaired) electrons. The number of ether oxygens (including phenoxy) is 2. The zero-order valence-corrected chi connectivity index (χ0v) is 31.8. The van der Waals surface area contributed by atoms with Crippen molar-refractivity contribution in [1.29, 1.82) is 0 Å². The predicted octanol–water partition coefficient (Wildman–Crippen LogP) is 9.02. The Morgan fingerprint density at radius 3 is 1.66 bits per heavy atom. The molecule has 41 heavy (non-hydrogen) atoms. The van der Waals surface area contributed by atoms with Gasteiger partial charge in [0.2, 0.25) is 0 Å². The first-order valence-electron chi connectivity index (χ1n) is 14.9. The largest absolute Gasteiger partial charge is 0.485 e. The van der Waals surface area contributed by atoms with Gasteiger partial charge in [0.05, 0.1) is 25.4 Å². The first-order chi connectivity index (χ1) is 18.3. The van der Waals surface area contributed by atoms with E-state index in [1.165, 1.54) is 7.11 Å². The number of hydrogen-bond acceptors (Lipinski definition) is 6. The Balaban J connectivity index is 2.65. The average Bonchev–Trinajstić information content (AvgIpc) is 2.81. The van der Waals surface area contributed by atoms with Crippen molar-refractivity contribution in [2.75, 3.05) is 13.7 Å². The first kappa shape index (κ1) is 36.0. The highest BCUT2D eigenvalue weighted by Crippen LogP contribution is 2.44. The maximum Gasteiger partial charge on any atom is 0.337 e.